The Morgan fingerprint density at radius 3 is 2.32 bits per heavy atom. The van der Waals surface area contributed by atoms with Crippen molar-refractivity contribution in [1.82, 2.24) is 4.98 Å². The molecule has 5 nitrogen and oxygen atoms in total. The first-order chi connectivity index (χ1) is 16.4. The highest BCUT2D eigenvalue weighted by Crippen LogP contribution is 2.28. The van der Waals surface area contributed by atoms with Crippen LogP contribution in [0.3, 0.4) is 0 Å². The summed E-state index contributed by atoms with van der Waals surface area (Å²) in [7, 11) is 0. The van der Waals surface area contributed by atoms with Gasteiger partial charge in [-0.2, -0.15) is 0 Å². The van der Waals surface area contributed by atoms with Crippen LogP contribution in [0.4, 0.5) is 10.8 Å². The second-order valence-corrected chi connectivity index (χ2v) is 10.2. The van der Waals surface area contributed by atoms with Gasteiger partial charge in [0.1, 0.15) is 0 Å². The Labute approximate surface area is 207 Å². The molecule has 0 aliphatic heterocycles. The normalized spacial score (nSPS) is 11.6. The van der Waals surface area contributed by atoms with Crippen LogP contribution in [0, 0.1) is 13.8 Å². The number of amides is 2. The maximum absolute atomic E-state index is 12.7. The van der Waals surface area contributed by atoms with Crippen molar-refractivity contribution in [2.24, 2.45) is 0 Å². The number of thiazole rings is 1. The molecule has 0 saturated carbocycles. The molecule has 0 spiro atoms. The molecule has 0 radical (unpaired) electrons. The average molecular weight is 488 g/mol. The number of nitrogens with one attached hydrogen (secondary N) is 2. The molecule has 3 aromatic carbocycles. The van der Waals surface area contributed by atoms with Crippen LogP contribution in [0.5, 0.6) is 0 Å². The van der Waals surface area contributed by atoms with E-state index >= 15 is 0 Å². The third-order valence-electron chi connectivity index (χ3n) is 5.27. The third-order valence-corrected chi connectivity index (χ3v) is 7.14. The average Bonchev–Trinajstić information content (AvgIpc) is 3.29. The first-order valence-electron chi connectivity index (χ1n) is 10.9. The highest BCUT2D eigenvalue weighted by molar-refractivity contribution is 8.00. The van der Waals surface area contributed by atoms with Gasteiger partial charge in [-0.25, -0.2) is 4.98 Å². The molecule has 1 heterocycles. The van der Waals surface area contributed by atoms with Crippen molar-refractivity contribution in [3.8, 4) is 11.3 Å². The SMILES string of the molecule is Cc1ccc(-c2csc(NC(=O)C(C)Sc3ccc(NC(=O)c4ccccc4C)cc3)n2)cc1. The fourth-order valence-electron chi connectivity index (χ4n) is 3.30. The number of aromatic nitrogens is 1. The Bertz CT molecular complexity index is 1300. The van der Waals surface area contributed by atoms with Gasteiger partial charge in [-0.15, -0.1) is 23.1 Å². The third kappa shape index (κ3) is 5.92. The second-order valence-electron chi connectivity index (χ2n) is 7.95. The lowest BCUT2D eigenvalue weighted by Crippen LogP contribution is -2.22. The van der Waals surface area contributed by atoms with E-state index in [1.165, 1.54) is 28.7 Å². The lowest BCUT2D eigenvalue weighted by molar-refractivity contribution is -0.115. The largest absolute Gasteiger partial charge is 0.322 e. The number of nitrogens with zero attached hydrogens (tertiary/aromatic N) is 1. The molecule has 2 N–H and O–H groups in total. The van der Waals surface area contributed by atoms with Crippen LogP contribution in [-0.4, -0.2) is 22.0 Å². The van der Waals surface area contributed by atoms with E-state index < -0.39 is 0 Å². The second kappa shape index (κ2) is 10.7. The number of carbonyl (C=O) groups is 2. The lowest BCUT2D eigenvalue weighted by Gasteiger charge is -2.12. The molecular formula is C27H25N3O2S2. The van der Waals surface area contributed by atoms with Gasteiger partial charge >= 0.3 is 0 Å². The van der Waals surface area contributed by atoms with E-state index in [0.29, 0.717) is 16.4 Å². The van der Waals surface area contributed by atoms with Gasteiger partial charge in [-0.05, 0) is 56.7 Å². The minimum Gasteiger partial charge on any atom is -0.322 e. The van der Waals surface area contributed by atoms with Crippen LogP contribution >= 0.6 is 23.1 Å². The Morgan fingerprint density at radius 2 is 1.62 bits per heavy atom. The Kier molecular flexibility index (Phi) is 7.45. The lowest BCUT2D eigenvalue weighted by atomic mass is 10.1. The molecule has 4 rings (SSSR count). The summed E-state index contributed by atoms with van der Waals surface area (Å²) in [4.78, 5) is 30.7. The Morgan fingerprint density at radius 1 is 0.912 bits per heavy atom. The van der Waals surface area contributed by atoms with E-state index in [4.69, 9.17) is 0 Å². The van der Waals surface area contributed by atoms with Crippen LogP contribution < -0.4 is 10.6 Å². The van der Waals surface area contributed by atoms with Crippen molar-refractivity contribution in [3.05, 3.63) is 94.9 Å². The molecule has 4 aromatic rings. The van der Waals surface area contributed by atoms with Crippen molar-refractivity contribution in [1.29, 1.82) is 0 Å². The molecule has 0 aliphatic carbocycles. The molecule has 1 aromatic heterocycles. The number of benzene rings is 3. The molecule has 0 aliphatic rings. The number of carbonyl (C=O) groups excluding carboxylic acids is 2. The van der Waals surface area contributed by atoms with Crippen molar-refractivity contribution in [3.63, 3.8) is 0 Å². The summed E-state index contributed by atoms with van der Waals surface area (Å²) in [5.74, 6) is -0.244. The van der Waals surface area contributed by atoms with Crippen LogP contribution in [0.2, 0.25) is 0 Å². The summed E-state index contributed by atoms with van der Waals surface area (Å²) in [6.45, 7) is 5.82. The van der Waals surface area contributed by atoms with Crippen LogP contribution in [0.1, 0.15) is 28.4 Å². The molecular weight excluding hydrogens is 462 g/mol. The van der Waals surface area contributed by atoms with Gasteiger partial charge in [0.2, 0.25) is 5.91 Å². The van der Waals surface area contributed by atoms with Crippen molar-refractivity contribution in [2.75, 3.05) is 10.6 Å². The molecule has 34 heavy (non-hydrogen) atoms. The van der Waals surface area contributed by atoms with Crippen LogP contribution in [0.15, 0.2) is 83.1 Å². The molecule has 1 atom stereocenters. The minimum absolute atomic E-state index is 0.105. The molecule has 0 bridgehead atoms. The molecule has 0 saturated heterocycles. The minimum atomic E-state index is -0.306. The standard InChI is InChI=1S/C27H25N3O2S2/c1-17-8-10-20(11-9-17)24-16-33-27(29-24)30-25(31)19(3)34-22-14-12-21(13-15-22)28-26(32)23-7-5-4-6-18(23)2/h4-16,19H,1-3H3,(H,28,32)(H,29,30,31). The summed E-state index contributed by atoms with van der Waals surface area (Å²) in [6.07, 6.45) is 0. The van der Waals surface area contributed by atoms with E-state index in [1.807, 2.05) is 92.9 Å². The van der Waals surface area contributed by atoms with Crippen molar-refractivity contribution < 1.29 is 9.59 Å². The monoisotopic (exact) mass is 487 g/mol. The van der Waals surface area contributed by atoms with E-state index in [1.54, 1.807) is 6.07 Å². The zero-order valence-electron chi connectivity index (χ0n) is 19.2. The summed E-state index contributed by atoms with van der Waals surface area (Å²) < 4.78 is 0. The van der Waals surface area contributed by atoms with Crippen LogP contribution in [0.25, 0.3) is 11.3 Å². The van der Waals surface area contributed by atoms with E-state index in [0.717, 1.165) is 21.7 Å². The number of rotatable bonds is 7. The molecule has 1 unspecified atom stereocenters. The van der Waals surface area contributed by atoms with Crippen molar-refractivity contribution >= 4 is 45.7 Å². The smallest absolute Gasteiger partial charge is 0.255 e. The molecule has 7 heteroatoms. The van der Waals surface area contributed by atoms with E-state index in [2.05, 4.69) is 15.6 Å². The van der Waals surface area contributed by atoms with Gasteiger partial charge in [0.05, 0.1) is 10.9 Å². The Hall–Kier alpha value is -3.42. The summed E-state index contributed by atoms with van der Waals surface area (Å²) in [5.41, 5.74) is 5.36. The maximum atomic E-state index is 12.7. The molecule has 2 amide bonds. The first-order valence-corrected chi connectivity index (χ1v) is 12.6. The first kappa shape index (κ1) is 23.7. The van der Waals surface area contributed by atoms with Gasteiger partial charge < -0.3 is 10.6 Å². The zero-order chi connectivity index (χ0) is 24.1. The maximum Gasteiger partial charge on any atom is 0.255 e. The van der Waals surface area contributed by atoms with Gasteiger partial charge in [0, 0.05) is 27.1 Å². The highest BCUT2D eigenvalue weighted by Gasteiger charge is 2.17. The number of hydrogen-bond acceptors (Lipinski definition) is 5. The number of hydrogen-bond donors (Lipinski definition) is 2. The van der Waals surface area contributed by atoms with Crippen LogP contribution in [-0.2, 0) is 4.79 Å². The van der Waals surface area contributed by atoms with Gasteiger partial charge in [0.15, 0.2) is 5.13 Å². The zero-order valence-corrected chi connectivity index (χ0v) is 20.8. The molecule has 172 valence electrons. The Balaban J connectivity index is 1.32. The quantitative estimate of drug-likeness (QED) is 0.281. The van der Waals surface area contributed by atoms with E-state index in [-0.39, 0.29) is 17.1 Å². The summed E-state index contributed by atoms with van der Waals surface area (Å²) in [6, 6.07) is 23.1. The summed E-state index contributed by atoms with van der Waals surface area (Å²) >= 11 is 2.87. The number of aryl methyl sites for hydroxylation is 2. The number of thioether (sulfide) groups is 1. The van der Waals surface area contributed by atoms with Gasteiger partial charge in [-0.3, -0.25) is 9.59 Å². The fraction of sp³-hybridized carbons (Fsp3) is 0.148. The van der Waals surface area contributed by atoms with Gasteiger partial charge in [-0.1, -0.05) is 48.0 Å². The van der Waals surface area contributed by atoms with E-state index in [9.17, 15) is 9.59 Å². The van der Waals surface area contributed by atoms with Crippen molar-refractivity contribution in [2.45, 2.75) is 30.9 Å². The molecule has 0 fully saturated rings. The van der Waals surface area contributed by atoms with Gasteiger partial charge in [0.25, 0.3) is 5.91 Å². The number of anilines is 2. The highest BCUT2D eigenvalue weighted by atomic mass is 32.2. The summed E-state index contributed by atoms with van der Waals surface area (Å²) in [5, 5.41) is 8.06. The topological polar surface area (TPSA) is 71.1 Å². The predicted molar refractivity (Wildman–Crippen MR) is 142 cm³/mol. The fourth-order valence-corrected chi connectivity index (χ4v) is 4.89. The predicted octanol–water partition coefficient (Wildman–Crippen LogP) is 6.80.